The summed E-state index contributed by atoms with van der Waals surface area (Å²) in [4.78, 5) is 21.8. The molecular weight excluding hydrogens is 738 g/mol. The first-order chi connectivity index (χ1) is 27.7. The zero-order chi connectivity index (χ0) is 40.5. The Bertz CT molecular complexity index is 785. The Morgan fingerprint density at radius 3 is 0.875 bits per heavy atom. The van der Waals surface area contributed by atoms with Crippen LogP contribution < -0.4 is 5.32 Å². The third-order valence-electron chi connectivity index (χ3n) is 7.46. The minimum Gasteiger partial charge on any atom is -0.481 e. The lowest BCUT2D eigenvalue weighted by Gasteiger charge is -2.09. The number of hydrogen-bond donors (Lipinski definition) is 2. The predicted molar refractivity (Wildman–Crippen MR) is 209 cm³/mol. The fourth-order valence-corrected chi connectivity index (χ4v) is 4.44. The smallest absolute Gasteiger partial charge is 0.303 e. The molecule has 17 heteroatoms. The molecule has 0 rings (SSSR count). The number of ether oxygens (including phenoxy) is 13. The van der Waals surface area contributed by atoms with E-state index in [-0.39, 0.29) is 18.7 Å². The maximum absolute atomic E-state index is 11.4. The summed E-state index contributed by atoms with van der Waals surface area (Å²) < 4.78 is 71.4. The average Bonchev–Trinajstić information content (AvgIpc) is 3.19. The topological polar surface area (TPSA) is 186 Å². The fraction of sp³-hybridized carbons (Fsp3) is 0.949. The van der Waals surface area contributed by atoms with Crippen LogP contribution in [0, 0.1) is 0 Å². The highest BCUT2D eigenvalue weighted by Crippen LogP contribution is 2.04. The molecule has 56 heavy (non-hydrogen) atoms. The van der Waals surface area contributed by atoms with Crippen molar-refractivity contribution in [1.29, 1.82) is 0 Å². The second-order valence-electron chi connectivity index (χ2n) is 12.3. The van der Waals surface area contributed by atoms with Crippen LogP contribution in [0.5, 0.6) is 0 Å². The molecule has 0 aromatic rings. The normalized spacial score (nSPS) is 11.4. The lowest BCUT2D eigenvalue weighted by atomic mass is 10.1. The van der Waals surface area contributed by atoms with Gasteiger partial charge < -0.3 is 72.0 Å². The number of carbonyl (C=O) groups excluding carboxylic acids is 1. The van der Waals surface area contributed by atoms with Crippen molar-refractivity contribution in [3.05, 3.63) is 0 Å². The number of unbranched alkanes of at least 4 members (excludes halogenated alkanes) is 5. The van der Waals surface area contributed by atoms with E-state index in [9.17, 15) is 9.59 Å². The van der Waals surface area contributed by atoms with Crippen molar-refractivity contribution in [2.45, 2.75) is 64.7 Å². The van der Waals surface area contributed by atoms with E-state index in [4.69, 9.17) is 66.7 Å². The van der Waals surface area contributed by atoms with Gasteiger partial charge in [0.25, 0.3) is 0 Å². The number of aliphatic carboxylic acids is 1. The zero-order valence-electron chi connectivity index (χ0n) is 34.5. The Labute approximate surface area is 336 Å². The largest absolute Gasteiger partial charge is 0.481 e. The van der Waals surface area contributed by atoms with Gasteiger partial charge in [0.2, 0.25) is 5.91 Å². The maximum atomic E-state index is 11.4. The van der Waals surface area contributed by atoms with Crippen LogP contribution >= 0.6 is 0 Å². The Balaban J connectivity index is 3.08. The van der Waals surface area contributed by atoms with Crippen molar-refractivity contribution in [1.82, 2.24) is 5.32 Å². The molecule has 0 fully saturated rings. The van der Waals surface area contributed by atoms with Gasteiger partial charge in [0.1, 0.15) is 0 Å². The predicted octanol–water partition coefficient (Wildman–Crippen LogP) is 2.93. The SMILES string of the molecule is CCCCCCCCOCCOCCOCCOCCOCCOCCOCCOCCOCCOCCOCCOCCOCCCNC(=O)CCC(=O)O. The quantitative estimate of drug-likeness (QED) is 0.0854. The summed E-state index contributed by atoms with van der Waals surface area (Å²) in [6, 6.07) is 0. The van der Waals surface area contributed by atoms with E-state index in [0.29, 0.717) is 178 Å². The molecule has 0 radical (unpaired) electrons. The molecule has 0 spiro atoms. The molecule has 0 aromatic heterocycles. The van der Waals surface area contributed by atoms with Crippen molar-refractivity contribution in [2.24, 2.45) is 0 Å². The minimum absolute atomic E-state index is 0.0111. The first kappa shape index (κ1) is 54.4. The van der Waals surface area contributed by atoms with E-state index in [1.165, 1.54) is 32.1 Å². The first-order valence-corrected chi connectivity index (χ1v) is 20.7. The Hall–Kier alpha value is -1.58. The van der Waals surface area contributed by atoms with Crippen molar-refractivity contribution in [3.63, 3.8) is 0 Å². The van der Waals surface area contributed by atoms with E-state index in [0.717, 1.165) is 13.0 Å². The van der Waals surface area contributed by atoms with Crippen molar-refractivity contribution < 1.29 is 76.3 Å². The number of nitrogens with one attached hydrogen (secondary N) is 1. The molecule has 0 aromatic carbocycles. The Morgan fingerprint density at radius 1 is 0.339 bits per heavy atom. The molecule has 334 valence electrons. The van der Waals surface area contributed by atoms with Crippen LogP contribution in [0.15, 0.2) is 0 Å². The van der Waals surface area contributed by atoms with E-state index in [1.54, 1.807) is 0 Å². The number of amides is 1. The molecule has 0 saturated carbocycles. The molecule has 0 aliphatic rings. The van der Waals surface area contributed by atoms with Crippen LogP contribution in [0.1, 0.15) is 64.7 Å². The van der Waals surface area contributed by atoms with Crippen LogP contribution in [0.25, 0.3) is 0 Å². The molecule has 0 unspecified atom stereocenters. The van der Waals surface area contributed by atoms with Gasteiger partial charge in [-0.3, -0.25) is 9.59 Å². The van der Waals surface area contributed by atoms with Gasteiger partial charge >= 0.3 is 5.97 Å². The van der Waals surface area contributed by atoms with Gasteiger partial charge in [-0.05, 0) is 12.8 Å². The molecular formula is C39H77NO16. The molecule has 0 heterocycles. The van der Waals surface area contributed by atoms with Gasteiger partial charge in [0, 0.05) is 26.2 Å². The number of carboxylic acids is 1. The zero-order valence-corrected chi connectivity index (χ0v) is 34.5. The maximum Gasteiger partial charge on any atom is 0.303 e. The number of carboxylic acid groups (broad SMARTS) is 1. The van der Waals surface area contributed by atoms with E-state index in [2.05, 4.69) is 12.2 Å². The first-order valence-electron chi connectivity index (χ1n) is 20.7. The van der Waals surface area contributed by atoms with Gasteiger partial charge in [-0.1, -0.05) is 39.0 Å². The van der Waals surface area contributed by atoms with Gasteiger partial charge in [0.15, 0.2) is 0 Å². The van der Waals surface area contributed by atoms with Gasteiger partial charge in [0.05, 0.1) is 165 Å². The minimum atomic E-state index is -0.983. The van der Waals surface area contributed by atoms with Crippen molar-refractivity contribution in [3.8, 4) is 0 Å². The van der Waals surface area contributed by atoms with Gasteiger partial charge in [-0.25, -0.2) is 0 Å². The lowest BCUT2D eigenvalue weighted by Crippen LogP contribution is -2.25. The van der Waals surface area contributed by atoms with Crippen LogP contribution in [-0.4, -0.2) is 195 Å². The number of carbonyl (C=O) groups is 2. The Morgan fingerprint density at radius 2 is 0.589 bits per heavy atom. The summed E-state index contributed by atoms with van der Waals surface area (Å²) in [6.07, 6.45) is 8.12. The van der Waals surface area contributed by atoms with E-state index < -0.39 is 5.97 Å². The van der Waals surface area contributed by atoms with Gasteiger partial charge in [-0.15, -0.1) is 0 Å². The third kappa shape index (κ3) is 50.4. The summed E-state index contributed by atoms with van der Waals surface area (Å²) in [5.41, 5.74) is 0. The fourth-order valence-electron chi connectivity index (χ4n) is 4.44. The van der Waals surface area contributed by atoms with Crippen molar-refractivity contribution >= 4 is 11.9 Å². The van der Waals surface area contributed by atoms with Crippen LogP contribution in [0.3, 0.4) is 0 Å². The van der Waals surface area contributed by atoms with E-state index >= 15 is 0 Å². The number of hydrogen-bond acceptors (Lipinski definition) is 15. The van der Waals surface area contributed by atoms with Gasteiger partial charge in [-0.2, -0.15) is 0 Å². The average molecular weight is 816 g/mol. The molecule has 17 nitrogen and oxygen atoms in total. The Kier molecular flexibility index (Phi) is 48.2. The molecule has 1 amide bonds. The monoisotopic (exact) mass is 816 g/mol. The highest BCUT2D eigenvalue weighted by molar-refractivity contribution is 5.80. The molecule has 0 atom stereocenters. The summed E-state index contributed by atoms with van der Waals surface area (Å²) in [5.74, 6) is -1.25. The summed E-state index contributed by atoms with van der Waals surface area (Å²) in [5, 5.41) is 11.2. The van der Waals surface area contributed by atoms with Crippen LogP contribution in [0.2, 0.25) is 0 Å². The molecule has 0 aliphatic carbocycles. The summed E-state index contributed by atoms with van der Waals surface area (Å²) >= 11 is 0. The van der Waals surface area contributed by atoms with Crippen LogP contribution in [0.4, 0.5) is 0 Å². The highest BCUT2D eigenvalue weighted by atomic mass is 16.6. The second-order valence-corrected chi connectivity index (χ2v) is 12.3. The summed E-state index contributed by atoms with van der Waals surface area (Å²) in [6.45, 7) is 16.1. The second kappa shape index (κ2) is 49.6. The molecule has 0 aliphatic heterocycles. The highest BCUT2D eigenvalue weighted by Gasteiger charge is 2.04. The van der Waals surface area contributed by atoms with Crippen LogP contribution in [-0.2, 0) is 71.2 Å². The van der Waals surface area contributed by atoms with E-state index in [1.807, 2.05) is 0 Å². The number of rotatable bonds is 50. The summed E-state index contributed by atoms with van der Waals surface area (Å²) in [7, 11) is 0. The lowest BCUT2D eigenvalue weighted by molar-refractivity contribution is -0.138. The standard InChI is InChI=1S/C39H77NO16/c1-2-3-4-5-6-7-12-44-14-16-46-18-20-48-22-24-50-26-28-52-30-32-54-34-36-56-37-35-55-33-31-53-29-27-51-25-23-49-21-19-47-17-15-45-13-8-11-40-38(41)9-10-39(42)43/h2-37H2,1H3,(H,40,41)(H,42,43). The van der Waals surface area contributed by atoms with Crippen molar-refractivity contribution in [2.75, 3.05) is 178 Å². The third-order valence-corrected chi connectivity index (χ3v) is 7.46. The molecule has 0 bridgehead atoms. The molecule has 2 N–H and O–H groups in total. The molecule has 0 saturated heterocycles.